The van der Waals surface area contributed by atoms with E-state index < -0.39 is 0 Å². The number of aromatic nitrogens is 3. The molecule has 0 saturated carbocycles. The number of benzene rings is 1. The van der Waals surface area contributed by atoms with Crippen molar-refractivity contribution in [1.29, 1.82) is 0 Å². The molecule has 0 bridgehead atoms. The van der Waals surface area contributed by atoms with Crippen molar-refractivity contribution in [3.63, 3.8) is 0 Å². The van der Waals surface area contributed by atoms with Crippen LogP contribution in [0.3, 0.4) is 0 Å². The Morgan fingerprint density at radius 2 is 1.84 bits per heavy atom. The highest BCUT2D eigenvalue weighted by molar-refractivity contribution is 5.94. The first-order valence-corrected chi connectivity index (χ1v) is 8.40. The summed E-state index contributed by atoms with van der Waals surface area (Å²) in [6.45, 7) is 1.88. The van der Waals surface area contributed by atoms with E-state index in [9.17, 15) is 9.59 Å². The second-order valence-corrected chi connectivity index (χ2v) is 6.13. The maximum absolute atomic E-state index is 12.4. The number of hydrogen-bond donors (Lipinski definition) is 1. The number of pyridine rings is 1. The third kappa shape index (κ3) is 3.00. The molecule has 1 saturated heterocycles. The van der Waals surface area contributed by atoms with Gasteiger partial charge in [-0.3, -0.25) is 9.20 Å². The van der Waals surface area contributed by atoms with Crippen LogP contribution in [0.15, 0.2) is 53.5 Å². The van der Waals surface area contributed by atoms with Crippen LogP contribution in [-0.4, -0.2) is 33.2 Å². The predicted octanol–water partition coefficient (Wildman–Crippen LogP) is 1.73. The summed E-state index contributed by atoms with van der Waals surface area (Å²) in [4.78, 5) is 27.0. The van der Waals surface area contributed by atoms with Gasteiger partial charge in [-0.05, 0) is 37.1 Å². The number of nitrogens with zero attached hydrogens (tertiary/aromatic N) is 4. The Bertz CT molecular complexity index is 969. The molecule has 7 heteroatoms. The SMILES string of the molecule is O=C(Cn1nc2ccccn2c1=O)Nc1ccccc1N1CCCC1. The topological polar surface area (TPSA) is 71.6 Å². The van der Waals surface area contributed by atoms with Crippen molar-refractivity contribution >= 4 is 22.9 Å². The largest absolute Gasteiger partial charge is 0.370 e. The van der Waals surface area contributed by atoms with E-state index in [2.05, 4.69) is 15.3 Å². The van der Waals surface area contributed by atoms with Crippen molar-refractivity contribution in [1.82, 2.24) is 14.2 Å². The number of nitrogens with one attached hydrogen (secondary N) is 1. The lowest BCUT2D eigenvalue weighted by Gasteiger charge is -2.21. The number of anilines is 2. The highest BCUT2D eigenvalue weighted by Crippen LogP contribution is 2.28. The van der Waals surface area contributed by atoms with Gasteiger partial charge in [-0.15, -0.1) is 5.10 Å². The van der Waals surface area contributed by atoms with Crippen molar-refractivity contribution in [3.8, 4) is 0 Å². The number of para-hydroxylation sites is 2. The van der Waals surface area contributed by atoms with E-state index in [0.717, 1.165) is 24.5 Å². The Balaban J connectivity index is 1.54. The zero-order valence-electron chi connectivity index (χ0n) is 13.8. The molecule has 1 aliphatic rings. The van der Waals surface area contributed by atoms with E-state index in [4.69, 9.17) is 0 Å². The molecular weight excluding hydrogens is 318 g/mol. The molecule has 0 spiro atoms. The molecule has 25 heavy (non-hydrogen) atoms. The Morgan fingerprint density at radius 3 is 2.64 bits per heavy atom. The molecule has 1 N–H and O–H groups in total. The van der Waals surface area contributed by atoms with Gasteiger partial charge in [0.1, 0.15) is 6.54 Å². The molecule has 128 valence electrons. The van der Waals surface area contributed by atoms with Gasteiger partial charge in [0.25, 0.3) is 0 Å². The average Bonchev–Trinajstić information content (AvgIpc) is 3.25. The van der Waals surface area contributed by atoms with Crippen LogP contribution >= 0.6 is 0 Å². The normalized spacial score (nSPS) is 14.2. The monoisotopic (exact) mass is 337 g/mol. The zero-order valence-corrected chi connectivity index (χ0v) is 13.8. The lowest BCUT2D eigenvalue weighted by molar-refractivity contribution is -0.117. The third-order valence-electron chi connectivity index (χ3n) is 4.41. The van der Waals surface area contributed by atoms with Crippen LogP contribution in [-0.2, 0) is 11.3 Å². The summed E-state index contributed by atoms with van der Waals surface area (Å²) in [7, 11) is 0. The van der Waals surface area contributed by atoms with E-state index >= 15 is 0 Å². The van der Waals surface area contributed by atoms with Gasteiger partial charge in [0, 0.05) is 19.3 Å². The molecule has 1 aromatic carbocycles. The summed E-state index contributed by atoms with van der Waals surface area (Å²) in [5.74, 6) is -0.267. The molecular formula is C18H19N5O2. The van der Waals surface area contributed by atoms with Gasteiger partial charge < -0.3 is 10.2 Å². The summed E-state index contributed by atoms with van der Waals surface area (Å²) < 4.78 is 2.61. The van der Waals surface area contributed by atoms with Crippen molar-refractivity contribution in [2.75, 3.05) is 23.3 Å². The smallest absolute Gasteiger partial charge is 0.350 e. The first kappa shape index (κ1) is 15.4. The quantitative estimate of drug-likeness (QED) is 0.787. The number of carbonyl (C=O) groups excluding carboxylic acids is 1. The van der Waals surface area contributed by atoms with Gasteiger partial charge in [0.15, 0.2) is 5.65 Å². The molecule has 7 nitrogen and oxygen atoms in total. The minimum atomic E-state index is -0.321. The lowest BCUT2D eigenvalue weighted by atomic mass is 10.2. The predicted molar refractivity (Wildman–Crippen MR) is 96.0 cm³/mol. The van der Waals surface area contributed by atoms with Crippen LogP contribution in [0.25, 0.3) is 5.65 Å². The van der Waals surface area contributed by atoms with Crippen LogP contribution in [0.1, 0.15) is 12.8 Å². The number of fused-ring (bicyclic) bond motifs is 1. The van der Waals surface area contributed by atoms with Crippen molar-refractivity contribution < 1.29 is 4.79 Å². The first-order chi connectivity index (χ1) is 12.2. The summed E-state index contributed by atoms with van der Waals surface area (Å²) in [5.41, 5.74) is 2.00. The average molecular weight is 337 g/mol. The minimum absolute atomic E-state index is 0.116. The standard InChI is InChI=1S/C18H19N5O2/c24-17(13-23-18(25)22-12-4-3-9-16(22)20-23)19-14-7-1-2-8-15(14)21-10-5-6-11-21/h1-4,7-9,12H,5-6,10-11,13H2,(H,19,24). The first-order valence-electron chi connectivity index (χ1n) is 8.40. The van der Waals surface area contributed by atoms with E-state index in [0.29, 0.717) is 5.65 Å². The van der Waals surface area contributed by atoms with E-state index in [1.54, 1.807) is 24.4 Å². The second kappa shape index (κ2) is 6.43. The Kier molecular flexibility index (Phi) is 3.97. The van der Waals surface area contributed by atoms with Crippen LogP contribution in [0, 0.1) is 0 Å². The number of hydrogen-bond acceptors (Lipinski definition) is 4. The van der Waals surface area contributed by atoms with Crippen molar-refractivity contribution in [2.24, 2.45) is 0 Å². The van der Waals surface area contributed by atoms with E-state index in [1.165, 1.54) is 21.9 Å². The minimum Gasteiger partial charge on any atom is -0.370 e. The molecule has 0 radical (unpaired) electrons. The van der Waals surface area contributed by atoms with Crippen molar-refractivity contribution in [2.45, 2.75) is 19.4 Å². The maximum Gasteiger partial charge on any atom is 0.350 e. The Labute approximate surface area is 144 Å². The molecule has 0 atom stereocenters. The molecule has 4 rings (SSSR count). The van der Waals surface area contributed by atoms with Gasteiger partial charge >= 0.3 is 5.69 Å². The maximum atomic E-state index is 12.4. The van der Waals surface area contributed by atoms with Gasteiger partial charge in [0.05, 0.1) is 11.4 Å². The number of amides is 1. The molecule has 2 aromatic heterocycles. The fraction of sp³-hybridized carbons (Fsp3) is 0.278. The fourth-order valence-corrected chi connectivity index (χ4v) is 3.21. The van der Waals surface area contributed by atoms with Gasteiger partial charge in [-0.2, -0.15) is 0 Å². The van der Waals surface area contributed by atoms with E-state index in [-0.39, 0.29) is 18.1 Å². The van der Waals surface area contributed by atoms with Crippen molar-refractivity contribution in [3.05, 3.63) is 59.1 Å². The molecule has 1 aliphatic heterocycles. The molecule has 1 amide bonds. The van der Waals surface area contributed by atoms with Crippen LogP contribution in [0.4, 0.5) is 11.4 Å². The Hall–Kier alpha value is -3.09. The lowest BCUT2D eigenvalue weighted by Crippen LogP contribution is -2.29. The molecule has 3 heterocycles. The summed E-state index contributed by atoms with van der Waals surface area (Å²) in [6.07, 6.45) is 3.97. The van der Waals surface area contributed by atoms with Gasteiger partial charge in [0.2, 0.25) is 5.91 Å². The second-order valence-electron chi connectivity index (χ2n) is 6.13. The van der Waals surface area contributed by atoms with Crippen LogP contribution in [0.5, 0.6) is 0 Å². The van der Waals surface area contributed by atoms with Gasteiger partial charge in [-0.25, -0.2) is 9.48 Å². The highest BCUT2D eigenvalue weighted by Gasteiger charge is 2.17. The molecule has 0 aliphatic carbocycles. The summed E-state index contributed by atoms with van der Waals surface area (Å²) in [6, 6.07) is 13.1. The fourth-order valence-electron chi connectivity index (χ4n) is 3.21. The summed E-state index contributed by atoms with van der Waals surface area (Å²) >= 11 is 0. The third-order valence-corrected chi connectivity index (χ3v) is 4.41. The summed E-state index contributed by atoms with van der Waals surface area (Å²) in [5, 5.41) is 7.11. The van der Waals surface area contributed by atoms with E-state index in [1.807, 2.05) is 24.3 Å². The number of carbonyl (C=O) groups is 1. The zero-order chi connectivity index (χ0) is 17.2. The molecule has 0 unspecified atom stereocenters. The van der Waals surface area contributed by atoms with Crippen LogP contribution in [0.2, 0.25) is 0 Å². The molecule has 3 aromatic rings. The number of rotatable bonds is 4. The van der Waals surface area contributed by atoms with Crippen LogP contribution < -0.4 is 15.9 Å². The Morgan fingerprint density at radius 1 is 1.08 bits per heavy atom. The van der Waals surface area contributed by atoms with Gasteiger partial charge in [-0.1, -0.05) is 18.2 Å². The highest BCUT2D eigenvalue weighted by atomic mass is 16.2. The molecule has 1 fully saturated rings.